The monoisotopic (exact) mass is 473 g/mol. The van der Waals surface area contributed by atoms with Crippen LogP contribution in [0.1, 0.15) is 49.5 Å². The van der Waals surface area contributed by atoms with E-state index in [1.54, 1.807) is 34.4 Å². The van der Waals surface area contributed by atoms with Crippen LogP contribution in [0.15, 0.2) is 18.2 Å². The SMILES string of the molecule is C[CH]C(=O)N[C@H](C(=O)N1CCN(C(=O)c2cc3cc(F)c(F)cc3n2C)CC1)C1CCCCC1. The van der Waals surface area contributed by atoms with Gasteiger partial charge in [0, 0.05) is 51.1 Å². The molecule has 0 bridgehead atoms. The molecule has 1 aliphatic carbocycles. The smallest absolute Gasteiger partial charge is 0.270 e. The number of carbonyl (C=O) groups excluding carboxylic acids is 3. The molecule has 34 heavy (non-hydrogen) atoms. The average molecular weight is 474 g/mol. The molecule has 1 saturated heterocycles. The zero-order valence-electron chi connectivity index (χ0n) is 19.7. The highest BCUT2D eigenvalue weighted by Crippen LogP contribution is 2.28. The lowest BCUT2D eigenvalue weighted by Gasteiger charge is -2.38. The molecule has 1 atom stereocenters. The minimum atomic E-state index is -0.958. The molecule has 2 heterocycles. The van der Waals surface area contributed by atoms with Gasteiger partial charge in [0.25, 0.3) is 5.91 Å². The van der Waals surface area contributed by atoms with Crippen LogP contribution >= 0.6 is 0 Å². The highest BCUT2D eigenvalue weighted by Gasteiger charge is 2.35. The van der Waals surface area contributed by atoms with Crippen LogP contribution in [0.25, 0.3) is 10.9 Å². The maximum Gasteiger partial charge on any atom is 0.270 e. The second kappa shape index (κ2) is 10.1. The van der Waals surface area contributed by atoms with Crippen LogP contribution in [0, 0.1) is 24.0 Å². The maximum atomic E-state index is 13.7. The lowest BCUT2D eigenvalue weighted by atomic mass is 9.83. The lowest BCUT2D eigenvalue weighted by Crippen LogP contribution is -2.58. The lowest BCUT2D eigenvalue weighted by molar-refractivity contribution is -0.139. The topological polar surface area (TPSA) is 74.7 Å². The summed E-state index contributed by atoms with van der Waals surface area (Å²) in [4.78, 5) is 41.9. The van der Waals surface area contributed by atoms with Crippen molar-refractivity contribution < 1.29 is 23.2 Å². The number of nitrogens with one attached hydrogen (secondary N) is 1. The number of amides is 3. The molecule has 4 rings (SSSR count). The first-order chi connectivity index (χ1) is 16.3. The van der Waals surface area contributed by atoms with E-state index in [0.29, 0.717) is 42.8 Å². The van der Waals surface area contributed by atoms with Crippen LogP contribution < -0.4 is 5.32 Å². The van der Waals surface area contributed by atoms with Crippen LogP contribution in [-0.4, -0.2) is 64.3 Å². The molecule has 183 valence electrons. The van der Waals surface area contributed by atoms with Crippen LogP contribution in [0.5, 0.6) is 0 Å². The van der Waals surface area contributed by atoms with Gasteiger partial charge in [0.1, 0.15) is 11.7 Å². The Balaban J connectivity index is 1.44. The molecular formula is C25H31F2N4O3. The zero-order chi connectivity index (χ0) is 24.4. The van der Waals surface area contributed by atoms with Gasteiger partial charge in [-0.2, -0.15) is 0 Å². The molecule has 1 radical (unpaired) electrons. The summed E-state index contributed by atoms with van der Waals surface area (Å²) in [6.07, 6.45) is 6.53. The van der Waals surface area contributed by atoms with E-state index in [9.17, 15) is 23.2 Å². The number of aromatic nitrogens is 1. The Kier molecular flexibility index (Phi) is 7.19. The Hall–Kier alpha value is -2.97. The van der Waals surface area contributed by atoms with Gasteiger partial charge in [0.15, 0.2) is 11.6 Å². The Bertz CT molecular complexity index is 1090. The van der Waals surface area contributed by atoms with Gasteiger partial charge in [-0.05, 0) is 30.9 Å². The summed E-state index contributed by atoms with van der Waals surface area (Å²) >= 11 is 0. The van der Waals surface area contributed by atoms with Crippen molar-refractivity contribution in [1.82, 2.24) is 19.7 Å². The third-order valence-electron chi connectivity index (χ3n) is 7.13. The molecule has 2 aromatic rings. The quantitative estimate of drug-likeness (QED) is 0.726. The molecule has 0 spiro atoms. The third kappa shape index (κ3) is 4.79. The minimum absolute atomic E-state index is 0.0928. The van der Waals surface area contributed by atoms with E-state index in [-0.39, 0.29) is 23.6 Å². The summed E-state index contributed by atoms with van der Waals surface area (Å²) in [6, 6.07) is 3.19. The van der Waals surface area contributed by atoms with Crippen molar-refractivity contribution in [3.63, 3.8) is 0 Å². The fourth-order valence-corrected chi connectivity index (χ4v) is 5.11. The molecule has 0 unspecified atom stereocenters. The molecular weight excluding hydrogens is 442 g/mol. The van der Waals surface area contributed by atoms with Gasteiger partial charge >= 0.3 is 0 Å². The van der Waals surface area contributed by atoms with Gasteiger partial charge in [-0.15, -0.1) is 0 Å². The fraction of sp³-hybridized carbons (Fsp3) is 0.520. The van der Waals surface area contributed by atoms with Gasteiger partial charge in [-0.3, -0.25) is 14.4 Å². The molecule has 1 N–H and O–H groups in total. The van der Waals surface area contributed by atoms with E-state index >= 15 is 0 Å². The van der Waals surface area contributed by atoms with Crippen LogP contribution in [0.2, 0.25) is 0 Å². The van der Waals surface area contributed by atoms with Crippen molar-refractivity contribution in [2.75, 3.05) is 26.2 Å². The van der Waals surface area contributed by atoms with Crippen molar-refractivity contribution in [1.29, 1.82) is 0 Å². The summed E-state index contributed by atoms with van der Waals surface area (Å²) in [6.45, 7) is 3.08. The summed E-state index contributed by atoms with van der Waals surface area (Å²) < 4.78 is 28.8. The summed E-state index contributed by atoms with van der Waals surface area (Å²) in [5.74, 6) is -2.37. The molecule has 7 nitrogen and oxygen atoms in total. The highest BCUT2D eigenvalue weighted by molar-refractivity contribution is 5.99. The molecule has 9 heteroatoms. The number of aryl methyl sites for hydroxylation is 1. The van der Waals surface area contributed by atoms with Gasteiger partial charge in [-0.1, -0.05) is 26.2 Å². The van der Waals surface area contributed by atoms with E-state index in [0.717, 1.165) is 44.2 Å². The average Bonchev–Trinajstić information content (AvgIpc) is 3.17. The molecule has 1 aromatic heterocycles. The van der Waals surface area contributed by atoms with Gasteiger partial charge < -0.3 is 19.7 Å². The van der Waals surface area contributed by atoms with E-state index in [1.165, 1.54) is 6.42 Å². The van der Waals surface area contributed by atoms with Crippen LogP contribution in [-0.2, 0) is 16.6 Å². The van der Waals surface area contributed by atoms with E-state index < -0.39 is 17.7 Å². The standard InChI is InChI=1S/C25H31F2N4O3/c1-3-22(32)28-23(16-7-5-4-6-8-16)25(34)31-11-9-30(10-12-31)24(33)21-14-17-13-18(26)19(27)15-20(17)29(21)2/h3,13-16,23H,4-12H2,1-2H3,(H,28,32)/t23-/m0/s1. The highest BCUT2D eigenvalue weighted by atomic mass is 19.2. The zero-order valence-corrected chi connectivity index (χ0v) is 19.7. The summed E-state index contributed by atoms with van der Waals surface area (Å²) in [5, 5.41) is 3.35. The van der Waals surface area contributed by atoms with Crippen molar-refractivity contribution in [3.05, 3.63) is 41.9 Å². The first-order valence-electron chi connectivity index (χ1n) is 11.9. The number of benzene rings is 1. The Morgan fingerprint density at radius 1 is 0.971 bits per heavy atom. The Morgan fingerprint density at radius 2 is 1.59 bits per heavy atom. The normalized spacial score (nSPS) is 18.2. The predicted molar refractivity (Wildman–Crippen MR) is 124 cm³/mol. The predicted octanol–water partition coefficient (Wildman–Crippen LogP) is 3.03. The molecule has 1 saturated carbocycles. The van der Waals surface area contributed by atoms with Gasteiger partial charge in [0.05, 0.1) is 5.52 Å². The first kappa shape index (κ1) is 24.2. The number of piperazine rings is 1. The number of carbonyl (C=O) groups is 3. The van der Waals surface area contributed by atoms with E-state index in [4.69, 9.17) is 0 Å². The van der Waals surface area contributed by atoms with Crippen molar-refractivity contribution in [2.24, 2.45) is 13.0 Å². The number of hydrogen-bond acceptors (Lipinski definition) is 3. The van der Waals surface area contributed by atoms with Crippen molar-refractivity contribution >= 4 is 28.6 Å². The second-order valence-corrected chi connectivity index (χ2v) is 9.20. The third-order valence-corrected chi connectivity index (χ3v) is 7.13. The second-order valence-electron chi connectivity index (χ2n) is 9.20. The van der Waals surface area contributed by atoms with E-state index in [1.807, 2.05) is 0 Å². The van der Waals surface area contributed by atoms with Gasteiger partial charge in [-0.25, -0.2) is 8.78 Å². The molecule has 3 amide bonds. The number of rotatable bonds is 5. The summed E-state index contributed by atoms with van der Waals surface area (Å²) in [5.41, 5.74) is 0.778. The number of nitrogens with zero attached hydrogens (tertiary/aromatic N) is 3. The number of halogens is 2. The maximum absolute atomic E-state index is 13.7. The molecule has 2 fully saturated rings. The number of hydrogen-bond donors (Lipinski definition) is 1. The Morgan fingerprint density at radius 3 is 2.24 bits per heavy atom. The van der Waals surface area contributed by atoms with Gasteiger partial charge in [0.2, 0.25) is 11.8 Å². The fourth-order valence-electron chi connectivity index (χ4n) is 5.11. The number of fused-ring (bicyclic) bond motifs is 1. The molecule has 1 aliphatic heterocycles. The first-order valence-corrected chi connectivity index (χ1v) is 11.9. The summed E-state index contributed by atoms with van der Waals surface area (Å²) in [7, 11) is 1.65. The van der Waals surface area contributed by atoms with Crippen LogP contribution in [0.4, 0.5) is 8.78 Å². The molecule has 1 aromatic carbocycles. The molecule has 2 aliphatic rings. The van der Waals surface area contributed by atoms with Crippen molar-refractivity contribution in [2.45, 2.75) is 45.1 Å². The largest absolute Gasteiger partial charge is 0.344 e. The van der Waals surface area contributed by atoms with Crippen LogP contribution in [0.3, 0.4) is 0 Å². The van der Waals surface area contributed by atoms with Crippen molar-refractivity contribution in [3.8, 4) is 0 Å². The Labute approximate surface area is 198 Å². The van der Waals surface area contributed by atoms with E-state index in [2.05, 4.69) is 5.32 Å². The minimum Gasteiger partial charge on any atom is -0.344 e.